The lowest BCUT2D eigenvalue weighted by atomic mass is 9.80. The van der Waals surface area contributed by atoms with Crippen LogP contribution < -0.4 is 5.32 Å². The van der Waals surface area contributed by atoms with Gasteiger partial charge < -0.3 is 10.1 Å². The maximum atomic E-state index is 12.0. The van der Waals surface area contributed by atoms with Crippen LogP contribution in [0.3, 0.4) is 0 Å². The number of ether oxygens (including phenoxy) is 1. The Morgan fingerprint density at radius 2 is 1.59 bits per heavy atom. The van der Waals surface area contributed by atoms with Gasteiger partial charge in [-0.05, 0) is 57.3 Å². The van der Waals surface area contributed by atoms with E-state index in [2.05, 4.69) is 29.6 Å². The van der Waals surface area contributed by atoms with Crippen LogP contribution in [0.25, 0.3) is 0 Å². The van der Waals surface area contributed by atoms with Gasteiger partial charge >= 0.3 is 6.09 Å². The molecule has 4 unspecified atom stereocenters. The van der Waals surface area contributed by atoms with E-state index in [1.807, 2.05) is 20.8 Å². The molecule has 2 aliphatic heterocycles. The minimum absolute atomic E-state index is 0.0394. The molecule has 0 aromatic carbocycles. The van der Waals surface area contributed by atoms with E-state index in [-0.39, 0.29) is 23.8 Å². The Labute approximate surface area is 159 Å². The van der Waals surface area contributed by atoms with E-state index >= 15 is 0 Å². The van der Waals surface area contributed by atoms with E-state index in [1.54, 1.807) is 0 Å². The molecule has 4 aliphatic carbocycles. The van der Waals surface area contributed by atoms with Gasteiger partial charge in [0.2, 0.25) is 11.8 Å². The lowest BCUT2D eigenvalue weighted by Gasteiger charge is -2.46. The van der Waals surface area contributed by atoms with Crippen LogP contribution in [0.15, 0.2) is 24.3 Å². The summed E-state index contributed by atoms with van der Waals surface area (Å²) in [6.45, 7) is 5.44. The smallest absolute Gasteiger partial charge is 0.417 e. The van der Waals surface area contributed by atoms with Crippen molar-refractivity contribution in [3.8, 4) is 0 Å². The summed E-state index contributed by atoms with van der Waals surface area (Å²) in [7, 11) is 0. The lowest BCUT2D eigenvalue weighted by molar-refractivity contribution is -0.154. The predicted octanol–water partition coefficient (Wildman–Crippen LogP) is 2.26. The summed E-state index contributed by atoms with van der Waals surface area (Å²) < 4.78 is 5.27. The van der Waals surface area contributed by atoms with Crippen LogP contribution in [-0.4, -0.2) is 40.5 Å². The number of hydrogen-bond acceptors (Lipinski definition) is 4. The summed E-state index contributed by atoms with van der Waals surface area (Å²) in [5, 5.41) is 2.95. The largest absolute Gasteiger partial charge is 0.443 e. The van der Waals surface area contributed by atoms with Crippen LogP contribution in [0, 0.1) is 35.5 Å². The Hall–Kier alpha value is -2.11. The predicted molar refractivity (Wildman–Crippen MR) is 97.3 cm³/mol. The first-order valence-electron chi connectivity index (χ1n) is 9.98. The van der Waals surface area contributed by atoms with E-state index in [9.17, 15) is 14.4 Å². The van der Waals surface area contributed by atoms with Crippen LogP contribution in [0.2, 0.25) is 0 Å². The number of allylic oxidation sites excluding steroid dienone is 2. The number of nitrogens with one attached hydrogen (secondary N) is 1. The van der Waals surface area contributed by atoms with Crippen LogP contribution in [-0.2, 0) is 14.3 Å². The molecule has 144 valence electrons. The van der Waals surface area contributed by atoms with E-state index in [1.165, 1.54) is 11.3 Å². The number of likely N-dealkylation sites (tertiary alicyclic amines) is 1. The molecule has 0 spiro atoms. The molecule has 3 amide bonds. The molecule has 27 heavy (non-hydrogen) atoms. The third-order valence-corrected chi connectivity index (χ3v) is 6.90. The minimum Gasteiger partial charge on any atom is -0.443 e. The fraction of sp³-hybridized carbons (Fsp3) is 0.667. The van der Waals surface area contributed by atoms with Gasteiger partial charge in [0.15, 0.2) is 0 Å². The van der Waals surface area contributed by atoms with Crippen molar-refractivity contribution >= 4 is 17.9 Å². The summed E-state index contributed by atoms with van der Waals surface area (Å²) in [6.07, 6.45) is 10.5. The Bertz CT molecular complexity index is 780. The molecule has 2 saturated carbocycles. The first-order valence-corrected chi connectivity index (χ1v) is 9.98. The van der Waals surface area contributed by atoms with Crippen molar-refractivity contribution in [1.82, 2.24) is 10.2 Å². The van der Waals surface area contributed by atoms with Crippen molar-refractivity contribution in [2.24, 2.45) is 35.5 Å². The molecule has 6 aliphatic rings. The van der Waals surface area contributed by atoms with Crippen molar-refractivity contribution < 1.29 is 19.1 Å². The Morgan fingerprint density at radius 1 is 1.00 bits per heavy atom. The van der Waals surface area contributed by atoms with Crippen molar-refractivity contribution in [1.29, 1.82) is 0 Å². The molecule has 6 heteroatoms. The fourth-order valence-corrected chi connectivity index (χ4v) is 5.77. The quantitative estimate of drug-likeness (QED) is 0.524. The molecule has 2 heterocycles. The topological polar surface area (TPSA) is 75.7 Å². The van der Waals surface area contributed by atoms with Gasteiger partial charge in [0.05, 0.1) is 17.9 Å². The van der Waals surface area contributed by atoms with E-state index < -0.39 is 11.7 Å². The van der Waals surface area contributed by atoms with Crippen molar-refractivity contribution in [2.75, 3.05) is 0 Å². The molecule has 8 atom stereocenters. The van der Waals surface area contributed by atoms with Gasteiger partial charge in [-0.2, -0.15) is 0 Å². The highest BCUT2D eigenvalue weighted by Crippen LogP contribution is 2.53. The Kier molecular flexibility index (Phi) is 3.44. The van der Waals surface area contributed by atoms with Crippen LogP contribution in [0.5, 0.6) is 0 Å². The van der Waals surface area contributed by atoms with Gasteiger partial charge in [-0.3, -0.25) is 9.59 Å². The van der Waals surface area contributed by atoms with Crippen molar-refractivity contribution in [3.05, 3.63) is 24.3 Å². The van der Waals surface area contributed by atoms with Gasteiger partial charge in [0.25, 0.3) is 0 Å². The number of carbonyl (C=O) groups excluding carboxylic acids is 3. The number of rotatable bonds is 0. The highest BCUT2D eigenvalue weighted by molar-refractivity contribution is 6.00. The maximum Gasteiger partial charge on any atom is 0.417 e. The highest BCUT2D eigenvalue weighted by Gasteiger charge is 2.63. The zero-order valence-electron chi connectivity index (χ0n) is 15.9. The summed E-state index contributed by atoms with van der Waals surface area (Å²) in [5.41, 5.74) is -0.546. The number of imide groups is 1. The van der Waals surface area contributed by atoms with Gasteiger partial charge in [-0.1, -0.05) is 24.3 Å². The first-order chi connectivity index (χ1) is 12.7. The summed E-state index contributed by atoms with van der Waals surface area (Å²) in [4.78, 5) is 36.2. The van der Waals surface area contributed by atoms with E-state index in [0.29, 0.717) is 35.6 Å². The highest BCUT2D eigenvalue weighted by atomic mass is 16.6. The zero-order chi connectivity index (χ0) is 19.1. The van der Waals surface area contributed by atoms with Gasteiger partial charge in [-0.25, -0.2) is 9.69 Å². The second-order valence-electron chi connectivity index (χ2n) is 9.66. The zero-order valence-corrected chi connectivity index (χ0v) is 15.9. The molecule has 0 aromatic heterocycles. The fourth-order valence-electron chi connectivity index (χ4n) is 5.77. The average molecular weight is 370 g/mol. The number of nitrogens with zero attached hydrogens (tertiary/aromatic N) is 1. The Balaban J connectivity index is 0.000000135. The summed E-state index contributed by atoms with van der Waals surface area (Å²) in [6, 6.07) is 0.579. The van der Waals surface area contributed by atoms with Gasteiger partial charge in [0, 0.05) is 6.04 Å². The maximum absolute atomic E-state index is 12.0. The molecule has 4 fully saturated rings. The monoisotopic (exact) mass is 370 g/mol. The van der Waals surface area contributed by atoms with Crippen LogP contribution >= 0.6 is 0 Å². The molecule has 1 N–H and O–H groups in total. The second-order valence-corrected chi connectivity index (χ2v) is 9.66. The number of hydrogen-bond donors (Lipinski definition) is 1. The van der Waals surface area contributed by atoms with Crippen molar-refractivity contribution in [3.63, 3.8) is 0 Å². The molecule has 0 aromatic rings. The first kappa shape index (κ1) is 17.0. The van der Waals surface area contributed by atoms with Crippen LogP contribution in [0.1, 0.15) is 33.6 Å². The normalized spacial score (nSPS) is 44.0. The SMILES string of the molecule is CC(C)(C)OC(=O)N1C(=O)C2C1[C@H]1C=C[C@@H]2C1.O=C1NC2C1[C@@H]1C=C[C@H]2C1. The number of carbonyl (C=O) groups is 3. The van der Waals surface area contributed by atoms with Crippen LogP contribution in [0.4, 0.5) is 4.79 Å². The van der Waals surface area contributed by atoms with Crippen molar-refractivity contribution in [2.45, 2.75) is 51.3 Å². The molecule has 6 rings (SSSR count). The molecular formula is C21H26N2O4. The average Bonchev–Trinajstić information content (AvgIpc) is 3.28. The third-order valence-electron chi connectivity index (χ3n) is 6.90. The molecule has 2 saturated heterocycles. The number of fused-ring (bicyclic) bond motifs is 10. The standard InChI is InChI=1S/C13H17NO3.C8H9NO/c1-13(2,3)17-12(16)14-10-8-5-4-7(6-8)9(10)11(14)15;10-8-6-4-1-2-5(3-4)7(6)9-8/h4-5,7-10H,6H2,1-3H3;1-2,4-7H,3H2,(H,9,10)/t7-,8+,9?,10?;4-,5+,6?,7?/m11/s1. The van der Waals surface area contributed by atoms with Gasteiger partial charge in [0.1, 0.15) is 5.60 Å². The Morgan fingerprint density at radius 3 is 2.19 bits per heavy atom. The number of β-lactam (4-membered cyclic amide) rings is 2. The molecule has 0 radical (unpaired) electrons. The van der Waals surface area contributed by atoms with E-state index in [4.69, 9.17) is 4.74 Å². The minimum atomic E-state index is -0.546. The van der Waals surface area contributed by atoms with Gasteiger partial charge in [-0.15, -0.1) is 0 Å². The molecular weight excluding hydrogens is 344 g/mol. The number of amides is 3. The molecule has 4 bridgehead atoms. The lowest BCUT2D eigenvalue weighted by Crippen LogP contribution is -2.65. The third kappa shape index (κ3) is 2.41. The summed E-state index contributed by atoms with van der Waals surface area (Å²) in [5.74, 6) is 2.60. The molecule has 6 nitrogen and oxygen atoms in total. The summed E-state index contributed by atoms with van der Waals surface area (Å²) >= 11 is 0. The van der Waals surface area contributed by atoms with E-state index in [0.717, 1.165) is 6.42 Å². The second kappa shape index (κ2) is 5.46.